The highest BCUT2D eigenvalue weighted by Crippen LogP contribution is 2.52. The fraction of sp³-hybridized carbons (Fsp3) is 0.438. The predicted molar refractivity (Wildman–Crippen MR) is 164 cm³/mol. The Bertz CT molecular complexity index is 1470. The van der Waals surface area contributed by atoms with Crippen LogP contribution in [-0.4, -0.2) is 42.8 Å². The molecule has 10 heteroatoms. The Hall–Kier alpha value is -3.92. The van der Waals surface area contributed by atoms with Gasteiger partial charge in [-0.3, -0.25) is 14.3 Å². The van der Waals surface area contributed by atoms with Gasteiger partial charge in [-0.15, -0.1) is 0 Å². The molecule has 4 heterocycles. The first-order valence-electron chi connectivity index (χ1n) is 14.3. The van der Waals surface area contributed by atoms with Crippen LogP contribution in [-0.2, 0) is 12.5 Å². The quantitative estimate of drug-likeness (QED) is 0.286. The number of hydrogen-bond donors (Lipinski definition) is 1. The molecule has 1 aliphatic carbocycles. The number of allylic oxidation sites excluding steroid dienone is 3. The van der Waals surface area contributed by atoms with E-state index in [-0.39, 0.29) is 17.7 Å². The number of rotatable bonds is 9. The second-order valence-corrected chi connectivity index (χ2v) is 12.1. The van der Waals surface area contributed by atoms with Crippen LogP contribution in [0, 0.1) is 17.3 Å². The zero-order valence-electron chi connectivity index (χ0n) is 25.4. The lowest BCUT2D eigenvalue weighted by molar-refractivity contribution is 0.0127. The molecule has 0 spiro atoms. The van der Waals surface area contributed by atoms with Crippen molar-refractivity contribution in [2.45, 2.75) is 66.5 Å². The summed E-state index contributed by atoms with van der Waals surface area (Å²) in [5, 5.41) is 15.2. The summed E-state index contributed by atoms with van der Waals surface area (Å²) in [5.41, 5.74) is 10.1. The lowest BCUT2D eigenvalue weighted by Crippen LogP contribution is -2.18. The Morgan fingerprint density at radius 2 is 1.79 bits per heavy atom. The van der Waals surface area contributed by atoms with Crippen molar-refractivity contribution in [2.24, 2.45) is 28.1 Å². The third kappa shape index (κ3) is 6.75. The Morgan fingerprint density at radius 1 is 1.12 bits per heavy atom. The minimum atomic E-state index is -2.98. The molecule has 1 aliphatic heterocycles. The van der Waals surface area contributed by atoms with E-state index in [9.17, 15) is 8.78 Å². The van der Waals surface area contributed by atoms with Crippen molar-refractivity contribution in [1.29, 1.82) is 0 Å². The SMILES string of the molecule is C=NN1C(=C)C=C(c2cnn(C(c3ccc(C(C)(F)F)nc3)C(C)C)c2)C=C1c1cnn(CC2CC2(C)C)c1.CCN. The number of nitrogens with two attached hydrogens (primary N) is 1. The smallest absolute Gasteiger partial charge is 0.286 e. The molecule has 0 radical (unpaired) electrons. The zero-order chi connectivity index (χ0) is 30.8. The van der Waals surface area contributed by atoms with Gasteiger partial charge < -0.3 is 5.73 Å². The van der Waals surface area contributed by atoms with Gasteiger partial charge in [0, 0.05) is 49.9 Å². The second-order valence-electron chi connectivity index (χ2n) is 12.1. The van der Waals surface area contributed by atoms with Crippen molar-refractivity contribution in [3.63, 3.8) is 0 Å². The molecule has 1 fully saturated rings. The molecule has 2 N–H and O–H groups in total. The third-order valence-electron chi connectivity index (χ3n) is 7.74. The van der Waals surface area contributed by atoms with Crippen molar-refractivity contribution in [1.82, 2.24) is 29.6 Å². The van der Waals surface area contributed by atoms with E-state index in [1.165, 1.54) is 18.7 Å². The van der Waals surface area contributed by atoms with Crippen LogP contribution < -0.4 is 5.73 Å². The summed E-state index contributed by atoms with van der Waals surface area (Å²) in [7, 11) is 0. The van der Waals surface area contributed by atoms with Crippen LogP contribution in [0.5, 0.6) is 0 Å². The van der Waals surface area contributed by atoms with Crippen molar-refractivity contribution in [2.75, 3.05) is 6.54 Å². The minimum Gasteiger partial charge on any atom is -0.331 e. The molecule has 42 heavy (non-hydrogen) atoms. The number of halogens is 2. The largest absolute Gasteiger partial charge is 0.331 e. The topological polar surface area (TPSA) is 90.1 Å². The number of aromatic nitrogens is 5. The fourth-order valence-electron chi connectivity index (χ4n) is 5.22. The van der Waals surface area contributed by atoms with Gasteiger partial charge in [0.15, 0.2) is 0 Å². The van der Waals surface area contributed by atoms with E-state index in [0.717, 1.165) is 48.0 Å². The van der Waals surface area contributed by atoms with E-state index < -0.39 is 5.92 Å². The highest BCUT2D eigenvalue weighted by Gasteiger charge is 2.45. The highest BCUT2D eigenvalue weighted by atomic mass is 19.3. The summed E-state index contributed by atoms with van der Waals surface area (Å²) >= 11 is 0. The van der Waals surface area contributed by atoms with Crippen molar-refractivity contribution in [3.8, 4) is 0 Å². The van der Waals surface area contributed by atoms with E-state index in [4.69, 9.17) is 5.73 Å². The number of pyridine rings is 1. The van der Waals surface area contributed by atoms with Crippen LogP contribution in [0.2, 0.25) is 0 Å². The summed E-state index contributed by atoms with van der Waals surface area (Å²) in [6.45, 7) is 21.1. The lowest BCUT2D eigenvalue weighted by atomic mass is 9.97. The predicted octanol–water partition coefficient (Wildman–Crippen LogP) is 6.71. The fourth-order valence-corrected chi connectivity index (χ4v) is 5.22. The first-order chi connectivity index (χ1) is 19.8. The molecule has 224 valence electrons. The van der Waals surface area contributed by atoms with Gasteiger partial charge in [-0.2, -0.15) is 24.1 Å². The van der Waals surface area contributed by atoms with E-state index in [1.807, 2.05) is 47.0 Å². The summed E-state index contributed by atoms with van der Waals surface area (Å²) in [6, 6.07) is 2.93. The molecule has 1 saturated carbocycles. The van der Waals surface area contributed by atoms with Crippen LogP contribution in [0.4, 0.5) is 8.78 Å². The monoisotopic (exact) mass is 576 g/mol. The Balaban J connectivity index is 0.00000129. The molecule has 8 nitrogen and oxygen atoms in total. The van der Waals surface area contributed by atoms with Crippen molar-refractivity contribution in [3.05, 3.63) is 89.9 Å². The highest BCUT2D eigenvalue weighted by molar-refractivity contribution is 5.87. The molecule has 0 aromatic carbocycles. The molecule has 5 rings (SSSR count). The Morgan fingerprint density at radius 3 is 2.33 bits per heavy atom. The molecule has 0 amide bonds. The van der Waals surface area contributed by atoms with Crippen molar-refractivity contribution >= 4 is 18.0 Å². The van der Waals surface area contributed by atoms with Gasteiger partial charge in [-0.1, -0.05) is 47.3 Å². The summed E-state index contributed by atoms with van der Waals surface area (Å²) in [4.78, 5) is 4.02. The Kier molecular flexibility index (Phi) is 8.96. The summed E-state index contributed by atoms with van der Waals surface area (Å²) < 4.78 is 31.2. The van der Waals surface area contributed by atoms with Crippen LogP contribution in [0.15, 0.2) is 72.6 Å². The van der Waals surface area contributed by atoms with Crippen LogP contribution in [0.3, 0.4) is 0 Å². The molecule has 0 bridgehead atoms. The molecule has 3 aromatic rings. The lowest BCUT2D eigenvalue weighted by Gasteiger charge is -2.26. The standard InChI is InChI=1S/C30H35F2N7.C2H7N/c1-19(2)28(21-8-9-27(34-13-21)30(6,31)32)38-17-23(14-36-38)22-10-20(3)39(33-7)26(11-22)24-15-35-37(16-24)18-25-12-29(25,4)5;1-2-3/h8-11,13-17,19,25,28H,3,7,12,18H2,1-2,4-6H3;2-3H2,1H3. The average molecular weight is 577 g/mol. The summed E-state index contributed by atoms with van der Waals surface area (Å²) in [5.74, 6) is -2.20. The van der Waals surface area contributed by atoms with Crippen molar-refractivity contribution < 1.29 is 8.78 Å². The van der Waals surface area contributed by atoms with Gasteiger partial charge in [-0.05, 0) is 59.6 Å². The van der Waals surface area contributed by atoms with E-state index in [1.54, 1.807) is 17.3 Å². The molecule has 2 atom stereocenters. The maximum Gasteiger partial charge on any atom is 0.286 e. The zero-order valence-corrected chi connectivity index (χ0v) is 25.4. The second kappa shape index (κ2) is 12.1. The van der Waals surface area contributed by atoms with Crippen LogP contribution in [0.1, 0.15) is 76.4 Å². The van der Waals surface area contributed by atoms with Gasteiger partial charge in [-0.25, -0.2) is 5.01 Å². The Labute approximate surface area is 247 Å². The maximum atomic E-state index is 13.7. The number of alkyl halides is 2. The normalized spacial score (nSPS) is 18.7. The van der Waals surface area contributed by atoms with E-state index in [0.29, 0.717) is 17.0 Å². The van der Waals surface area contributed by atoms with Gasteiger partial charge in [0.1, 0.15) is 5.69 Å². The molecular weight excluding hydrogens is 534 g/mol. The van der Waals surface area contributed by atoms with Gasteiger partial charge in [0.2, 0.25) is 0 Å². The molecule has 0 saturated heterocycles. The van der Waals surface area contributed by atoms with Gasteiger partial charge >= 0.3 is 0 Å². The van der Waals surface area contributed by atoms with Gasteiger partial charge in [0.05, 0.1) is 29.8 Å². The van der Waals surface area contributed by atoms with E-state index in [2.05, 4.69) is 61.3 Å². The first kappa shape index (κ1) is 31.0. The van der Waals surface area contributed by atoms with Crippen LogP contribution in [0.25, 0.3) is 11.3 Å². The minimum absolute atomic E-state index is 0.150. The first-order valence-corrected chi connectivity index (χ1v) is 14.3. The summed E-state index contributed by atoms with van der Waals surface area (Å²) in [6.07, 6.45) is 14.4. The average Bonchev–Trinajstić information content (AvgIpc) is 3.28. The molecular formula is C32H42F2N8. The van der Waals surface area contributed by atoms with Crippen LogP contribution >= 0.6 is 0 Å². The third-order valence-corrected chi connectivity index (χ3v) is 7.74. The van der Waals surface area contributed by atoms with Gasteiger partial charge in [0.25, 0.3) is 5.92 Å². The number of nitrogens with zero attached hydrogens (tertiary/aromatic N) is 7. The molecule has 2 aliphatic rings. The number of hydrogen-bond acceptors (Lipinski definition) is 6. The van der Waals surface area contributed by atoms with E-state index >= 15 is 0 Å². The molecule has 3 aromatic heterocycles. The maximum absolute atomic E-state index is 13.7. The number of hydrazone groups is 1. The molecule has 2 unspecified atom stereocenters.